The van der Waals surface area contributed by atoms with Crippen LogP contribution < -0.4 is 10.6 Å². The van der Waals surface area contributed by atoms with Crippen LogP contribution in [0.1, 0.15) is 18.7 Å². The summed E-state index contributed by atoms with van der Waals surface area (Å²) >= 11 is 10.5. The summed E-state index contributed by atoms with van der Waals surface area (Å²) in [4.78, 5) is 30.9. The molecule has 9 heteroatoms. The van der Waals surface area contributed by atoms with Crippen molar-refractivity contribution in [3.05, 3.63) is 51.7 Å². The molecule has 0 aliphatic rings. The molecule has 0 bridgehead atoms. The molecule has 3 rings (SSSR count). The number of thiophene rings is 1. The number of nitrogens with one attached hydrogen (secondary N) is 2. The Hall–Kier alpha value is -1.87. The first-order valence-electron chi connectivity index (χ1n) is 8.43. The number of aromatic nitrogens is 1. The summed E-state index contributed by atoms with van der Waals surface area (Å²) in [6.07, 6.45) is 0. The van der Waals surface area contributed by atoms with Crippen molar-refractivity contribution < 1.29 is 9.59 Å². The minimum Gasteiger partial charge on any atom is -0.351 e. The highest BCUT2D eigenvalue weighted by Crippen LogP contribution is 2.33. The normalized spacial score (nSPS) is 11.8. The highest BCUT2D eigenvalue weighted by Gasteiger charge is 2.18. The third-order valence-electron chi connectivity index (χ3n) is 3.67. The lowest BCUT2D eigenvalue weighted by molar-refractivity contribution is -0.119. The SMILES string of the molecule is CC(=O)NCc1ccc(-c2csc(NC(=O)C(C)Sc3ccccc3Cl)n2)s1. The molecule has 0 radical (unpaired) electrons. The molecule has 2 aromatic heterocycles. The van der Waals surface area contributed by atoms with Crippen LogP contribution in [0.5, 0.6) is 0 Å². The summed E-state index contributed by atoms with van der Waals surface area (Å²) in [5.74, 6) is -0.180. The summed E-state index contributed by atoms with van der Waals surface area (Å²) in [5.41, 5.74) is 0.811. The van der Waals surface area contributed by atoms with Gasteiger partial charge in [0.05, 0.1) is 27.4 Å². The van der Waals surface area contributed by atoms with Gasteiger partial charge in [0, 0.05) is 22.1 Å². The summed E-state index contributed by atoms with van der Waals surface area (Å²) < 4.78 is 0. The van der Waals surface area contributed by atoms with Crippen LogP contribution in [-0.4, -0.2) is 22.0 Å². The number of rotatable bonds is 7. The van der Waals surface area contributed by atoms with Crippen molar-refractivity contribution in [3.63, 3.8) is 0 Å². The zero-order valence-electron chi connectivity index (χ0n) is 15.2. The van der Waals surface area contributed by atoms with Crippen LogP contribution in [-0.2, 0) is 16.1 Å². The van der Waals surface area contributed by atoms with E-state index in [1.807, 2.05) is 48.7 Å². The smallest absolute Gasteiger partial charge is 0.239 e. The lowest BCUT2D eigenvalue weighted by Gasteiger charge is -2.11. The molecule has 0 fully saturated rings. The van der Waals surface area contributed by atoms with Gasteiger partial charge < -0.3 is 10.6 Å². The molecule has 0 saturated heterocycles. The second-order valence-electron chi connectivity index (χ2n) is 5.89. The molecular formula is C19H18ClN3O2S3. The minimum absolute atomic E-state index is 0.0580. The van der Waals surface area contributed by atoms with E-state index < -0.39 is 0 Å². The summed E-state index contributed by atoms with van der Waals surface area (Å²) in [5, 5.41) is 8.45. The first-order valence-corrected chi connectivity index (χ1v) is 11.4. The number of carbonyl (C=O) groups is 2. The molecular weight excluding hydrogens is 434 g/mol. The van der Waals surface area contributed by atoms with Gasteiger partial charge in [-0.15, -0.1) is 34.4 Å². The maximum atomic E-state index is 12.5. The van der Waals surface area contributed by atoms with Crippen molar-refractivity contribution in [3.8, 4) is 10.6 Å². The van der Waals surface area contributed by atoms with E-state index in [2.05, 4.69) is 15.6 Å². The average molecular weight is 452 g/mol. The third-order valence-corrected chi connectivity index (χ3v) is 7.15. The van der Waals surface area contributed by atoms with Gasteiger partial charge in [0.1, 0.15) is 0 Å². The zero-order chi connectivity index (χ0) is 20.1. The van der Waals surface area contributed by atoms with Gasteiger partial charge in [-0.25, -0.2) is 4.98 Å². The van der Waals surface area contributed by atoms with Gasteiger partial charge in [-0.1, -0.05) is 23.7 Å². The molecule has 2 heterocycles. The van der Waals surface area contributed by atoms with Crippen LogP contribution in [0.4, 0.5) is 5.13 Å². The fourth-order valence-corrected chi connectivity index (χ4v) is 5.11. The topological polar surface area (TPSA) is 71.1 Å². The van der Waals surface area contributed by atoms with Crippen molar-refractivity contribution in [1.29, 1.82) is 0 Å². The number of carbonyl (C=O) groups excluding carboxylic acids is 2. The first-order chi connectivity index (χ1) is 13.4. The van der Waals surface area contributed by atoms with E-state index in [1.165, 1.54) is 30.0 Å². The largest absolute Gasteiger partial charge is 0.351 e. The van der Waals surface area contributed by atoms with Crippen LogP contribution in [0.25, 0.3) is 10.6 Å². The van der Waals surface area contributed by atoms with Crippen LogP contribution in [0.15, 0.2) is 46.7 Å². The third kappa shape index (κ3) is 5.57. The van der Waals surface area contributed by atoms with Crippen molar-refractivity contribution in [2.45, 2.75) is 30.5 Å². The van der Waals surface area contributed by atoms with Crippen molar-refractivity contribution in [2.24, 2.45) is 0 Å². The van der Waals surface area contributed by atoms with E-state index in [9.17, 15) is 9.59 Å². The van der Waals surface area contributed by atoms with Gasteiger partial charge >= 0.3 is 0 Å². The number of hydrogen-bond donors (Lipinski definition) is 2. The molecule has 28 heavy (non-hydrogen) atoms. The van der Waals surface area contributed by atoms with Crippen molar-refractivity contribution >= 4 is 63.0 Å². The van der Waals surface area contributed by atoms with E-state index in [1.54, 1.807) is 11.3 Å². The van der Waals surface area contributed by atoms with Gasteiger partial charge in [0.2, 0.25) is 11.8 Å². The highest BCUT2D eigenvalue weighted by atomic mass is 35.5. The summed E-state index contributed by atoms with van der Waals surface area (Å²) in [6, 6.07) is 11.4. The van der Waals surface area contributed by atoms with Crippen LogP contribution in [0.3, 0.4) is 0 Å². The van der Waals surface area contributed by atoms with Crippen molar-refractivity contribution in [2.75, 3.05) is 5.32 Å². The predicted octanol–water partition coefficient (Wildman–Crippen LogP) is 5.28. The second-order valence-corrected chi connectivity index (χ2v) is 9.71. The Kier molecular flexibility index (Phi) is 7.12. The molecule has 146 valence electrons. The Labute approximate surface area is 180 Å². The number of nitrogens with zero attached hydrogens (tertiary/aromatic N) is 1. The van der Waals surface area contributed by atoms with E-state index in [4.69, 9.17) is 11.6 Å². The van der Waals surface area contributed by atoms with Gasteiger partial charge in [-0.2, -0.15) is 0 Å². The van der Waals surface area contributed by atoms with Gasteiger partial charge in [0.15, 0.2) is 5.13 Å². The minimum atomic E-state index is -0.307. The number of hydrogen-bond acceptors (Lipinski definition) is 6. The molecule has 2 N–H and O–H groups in total. The summed E-state index contributed by atoms with van der Waals surface area (Å²) in [6.45, 7) is 3.84. The molecule has 0 spiro atoms. The number of amides is 2. The van der Waals surface area contributed by atoms with E-state index in [0.717, 1.165) is 20.3 Å². The van der Waals surface area contributed by atoms with Gasteiger partial charge in [-0.3, -0.25) is 9.59 Å². The average Bonchev–Trinajstić information content (AvgIpc) is 3.31. The van der Waals surface area contributed by atoms with E-state index in [-0.39, 0.29) is 17.1 Å². The monoisotopic (exact) mass is 451 g/mol. The maximum Gasteiger partial charge on any atom is 0.239 e. The Bertz CT molecular complexity index is 986. The standard InChI is InChI=1S/C19H18ClN3O2S3/c1-11(27-16-6-4-3-5-14(16)20)18(25)23-19-22-15(10-26-19)17-8-7-13(28-17)9-21-12(2)24/h3-8,10-11H,9H2,1-2H3,(H,21,24)(H,22,23,25). The summed E-state index contributed by atoms with van der Waals surface area (Å²) in [7, 11) is 0. The lowest BCUT2D eigenvalue weighted by Crippen LogP contribution is -2.22. The first kappa shape index (κ1) is 20.9. The molecule has 0 saturated carbocycles. The van der Waals surface area contributed by atoms with Gasteiger partial charge in [0.25, 0.3) is 0 Å². The van der Waals surface area contributed by atoms with Crippen LogP contribution >= 0.6 is 46.0 Å². The molecule has 1 aromatic carbocycles. The molecule has 0 aliphatic heterocycles. The molecule has 3 aromatic rings. The van der Waals surface area contributed by atoms with Crippen molar-refractivity contribution in [1.82, 2.24) is 10.3 Å². The number of thiazole rings is 1. The fourth-order valence-electron chi connectivity index (χ4n) is 2.26. The maximum absolute atomic E-state index is 12.5. The van der Waals surface area contributed by atoms with E-state index in [0.29, 0.717) is 16.7 Å². The number of benzene rings is 1. The Morgan fingerprint density at radius 2 is 2.04 bits per heavy atom. The van der Waals surface area contributed by atoms with Crippen LogP contribution in [0.2, 0.25) is 5.02 Å². The predicted molar refractivity (Wildman–Crippen MR) is 118 cm³/mol. The van der Waals surface area contributed by atoms with E-state index >= 15 is 0 Å². The van der Waals surface area contributed by atoms with Gasteiger partial charge in [-0.05, 0) is 31.2 Å². The molecule has 5 nitrogen and oxygen atoms in total. The lowest BCUT2D eigenvalue weighted by atomic mass is 10.3. The molecule has 0 aliphatic carbocycles. The quantitative estimate of drug-likeness (QED) is 0.479. The molecule has 1 unspecified atom stereocenters. The highest BCUT2D eigenvalue weighted by molar-refractivity contribution is 8.00. The van der Waals surface area contributed by atoms with Crippen LogP contribution in [0, 0.1) is 0 Å². The second kappa shape index (κ2) is 9.56. The zero-order valence-corrected chi connectivity index (χ0v) is 18.4. The number of thioether (sulfide) groups is 1. The fraction of sp³-hybridized carbons (Fsp3) is 0.211. The number of halogens is 1. The Balaban J connectivity index is 1.60. The molecule has 1 atom stereocenters. The Morgan fingerprint density at radius 1 is 1.25 bits per heavy atom. The Morgan fingerprint density at radius 3 is 2.79 bits per heavy atom. The number of anilines is 1. The molecule has 2 amide bonds.